The summed E-state index contributed by atoms with van der Waals surface area (Å²) < 4.78 is 5.75. The van der Waals surface area contributed by atoms with Crippen LogP contribution in [0.1, 0.15) is 15.9 Å². The van der Waals surface area contributed by atoms with Crippen LogP contribution in [0, 0.1) is 0 Å². The molecule has 0 heterocycles. The van der Waals surface area contributed by atoms with E-state index in [0.717, 1.165) is 11.3 Å². The molecule has 5 nitrogen and oxygen atoms in total. The summed E-state index contributed by atoms with van der Waals surface area (Å²) in [5.41, 5.74) is 14.1. The molecular weight excluding hydrogens is 266 g/mol. The van der Waals surface area contributed by atoms with Gasteiger partial charge in [-0.1, -0.05) is 12.1 Å². The Labute approximate surface area is 124 Å². The van der Waals surface area contributed by atoms with Gasteiger partial charge in [-0.15, -0.1) is 0 Å². The first-order chi connectivity index (χ1) is 9.97. The average Bonchev–Trinajstić information content (AvgIpc) is 2.46. The summed E-state index contributed by atoms with van der Waals surface area (Å²) in [7, 11) is 3.91. The first-order valence-electron chi connectivity index (χ1n) is 6.56. The zero-order chi connectivity index (χ0) is 15.4. The van der Waals surface area contributed by atoms with E-state index in [1.807, 2.05) is 49.3 Å². The highest BCUT2D eigenvalue weighted by atomic mass is 16.5. The second-order valence-corrected chi connectivity index (χ2v) is 4.97. The lowest BCUT2D eigenvalue weighted by Crippen LogP contribution is -2.11. The number of hydrogen-bond acceptors (Lipinski definition) is 4. The van der Waals surface area contributed by atoms with Gasteiger partial charge in [0.1, 0.15) is 12.4 Å². The fourth-order valence-corrected chi connectivity index (χ4v) is 1.85. The first kappa shape index (κ1) is 14.7. The summed E-state index contributed by atoms with van der Waals surface area (Å²) in [5, 5.41) is 0. The summed E-state index contributed by atoms with van der Waals surface area (Å²) in [6, 6.07) is 12.6. The van der Waals surface area contributed by atoms with Crippen LogP contribution in [0.15, 0.2) is 42.5 Å². The molecule has 0 unspecified atom stereocenters. The van der Waals surface area contributed by atoms with Gasteiger partial charge >= 0.3 is 0 Å². The molecule has 0 spiro atoms. The van der Waals surface area contributed by atoms with Crippen LogP contribution in [0.5, 0.6) is 5.75 Å². The van der Waals surface area contributed by atoms with Gasteiger partial charge in [0.25, 0.3) is 0 Å². The number of carbonyl (C=O) groups excluding carboxylic acids is 1. The molecule has 0 aliphatic heterocycles. The van der Waals surface area contributed by atoms with Crippen molar-refractivity contribution < 1.29 is 9.53 Å². The predicted octanol–water partition coefficient (Wildman–Crippen LogP) is 2.01. The molecule has 2 rings (SSSR count). The van der Waals surface area contributed by atoms with E-state index in [9.17, 15) is 4.79 Å². The maximum atomic E-state index is 11.0. The normalized spacial score (nSPS) is 10.2. The SMILES string of the molecule is CN(C)c1ccc(N)c(OCc2ccc(C(N)=O)cc2)c1. The predicted molar refractivity (Wildman–Crippen MR) is 84.5 cm³/mol. The van der Waals surface area contributed by atoms with Gasteiger partial charge in [-0.2, -0.15) is 0 Å². The van der Waals surface area contributed by atoms with Crippen LogP contribution in [-0.2, 0) is 6.61 Å². The third-order valence-corrected chi connectivity index (χ3v) is 3.15. The molecular formula is C16H19N3O2. The monoisotopic (exact) mass is 285 g/mol. The molecule has 0 radical (unpaired) electrons. The number of primary amides is 1. The molecule has 0 aliphatic rings. The molecule has 4 N–H and O–H groups in total. The van der Waals surface area contributed by atoms with Gasteiger partial charge in [0.15, 0.2) is 0 Å². The van der Waals surface area contributed by atoms with Crippen LogP contribution in [0.2, 0.25) is 0 Å². The lowest BCUT2D eigenvalue weighted by atomic mass is 10.1. The van der Waals surface area contributed by atoms with E-state index in [2.05, 4.69) is 0 Å². The number of hydrogen-bond donors (Lipinski definition) is 2. The van der Waals surface area contributed by atoms with Crippen molar-refractivity contribution in [3.8, 4) is 5.75 Å². The van der Waals surface area contributed by atoms with Gasteiger partial charge in [0.2, 0.25) is 5.91 Å². The molecule has 0 atom stereocenters. The van der Waals surface area contributed by atoms with Crippen molar-refractivity contribution in [2.45, 2.75) is 6.61 Å². The van der Waals surface area contributed by atoms with Gasteiger partial charge in [-0.3, -0.25) is 4.79 Å². The minimum Gasteiger partial charge on any atom is -0.487 e. The second kappa shape index (κ2) is 6.17. The van der Waals surface area contributed by atoms with E-state index in [1.165, 1.54) is 0 Å². The van der Waals surface area contributed by atoms with Gasteiger partial charge in [0, 0.05) is 31.4 Å². The summed E-state index contributed by atoms with van der Waals surface area (Å²) in [6.45, 7) is 0.375. The average molecular weight is 285 g/mol. The highest BCUT2D eigenvalue weighted by Crippen LogP contribution is 2.27. The molecule has 5 heteroatoms. The van der Waals surface area contributed by atoms with Crippen molar-refractivity contribution in [1.29, 1.82) is 0 Å². The van der Waals surface area contributed by atoms with Crippen LogP contribution in [-0.4, -0.2) is 20.0 Å². The molecule has 21 heavy (non-hydrogen) atoms. The largest absolute Gasteiger partial charge is 0.487 e. The Morgan fingerprint density at radius 2 is 1.81 bits per heavy atom. The quantitative estimate of drug-likeness (QED) is 0.823. The van der Waals surface area contributed by atoms with E-state index in [4.69, 9.17) is 16.2 Å². The Kier molecular flexibility index (Phi) is 4.33. The Hall–Kier alpha value is -2.69. The minimum absolute atomic E-state index is 0.375. The van der Waals surface area contributed by atoms with Crippen LogP contribution < -0.4 is 21.1 Å². The van der Waals surface area contributed by atoms with E-state index >= 15 is 0 Å². The van der Waals surface area contributed by atoms with E-state index in [-0.39, 0.29) is 0 Å². The minimum atomic E-state index is -0.439. The number of nitrogen functional groups attached to an aromatic ring is 1. The number of carbonyl (C=O) groups is 1. The number of amides is 1. The Morgan fingerprint density at radius 3 is 2.38 bits per heavy atom. The number of ether oxygens (including phenoxy) is 1. The van der Waals surface area contributed by atoms with Crippen LogP contribution >= 0.6 is 0 Å². The van der Waals surface area contributed by atoms with E-state index in [0.29, 0.717) is 23.6 Å². The second-order valence-electron chi connectivity index (χ2n) is 4.97. The van der Waals surface area contributed by atoms with Gasteiger partial charge in [-0.05, 0) is 29.8 Å². The topological polar surface area (TPSA) is 81.6 Å². The molecule has 0 fully saturated rings. The van der Waals surface area contributed by atoms with Crippen molar-refractivity contribution in [2.24, 2.45) is 5.73 Å². The molecule has 2 aromatic rings. The Balaban J connectivity index is 2.08. The molecule has 1 amide bonds. The molecule has 110 valence electrons. The zero-order valence-corrected chi connectivity index (χ0v) is 12.2. The standard InChI is InChI=1S/C16H19N3O2/c1-19(2)13-7-8-14(17)15(9-13)21-10-11-3-5-12(6-4-11)16(18)20/h3-9H,10,17H2,1-2H3,(H2,18,20). The van der Waals surface area contributed by atoms with E-state index < -0.39 is 5.91 Å². The summed E-state index contributed by atoms with van der Waals surface area (Å²) >= 11 is 0. The van der Waals surface area contributed by atoms with Crippen molar-refractivity contribution in [1.82, 2.24) is 0 Å². The van der Waals surface area contributed by atoms with Crippen molar-refractivity contribution in [2.75, 3.05) is 24.7 Å². The molecule has 0 aromatic heterocycles. The Morgan fingerprint density at radius 1 is 1.14 bits per heavy atom. The Bertz CT molecular complexity index is 636. The highest BCUT2D eigenvalue weighted by molar-refractivity contribution is 5.92. The van der Waals surface area contributed by atoms with Crippen molar-refractivity contribution >= 4 is 17.3 Å². The smallest absolute Gasteiger partial charge is 0.248 e. The molecule has 0 saturated carbocycles. The van der Waals surface area contributed by atoms with Crippen LogP contribution in [0.3, 0.4) is 0 Å². The third-order valence-electron chi connectivity index (χ3n) is 3.15. The molecule has 0 aliphatic carbocycles. The van der Waals surface area contributed by atoms with Gasteiger partial charge in [-0.25, -0.2) is 0 Å². The van der Waals surface area contributed by atoms with Crippen LogP contribution in [0.25, 0.3) is 0 Å². The molecule has 0 bridgehead atoms. The summed E-state index contributed by atoms with van der Waals surface area (Å²) in [5.74, 6) is 0.200. The highest BCUT2D eigenvalue weighted by Gasteiger charge is 2.05. The number of rotatable bonds is 5. The third kappa shape index (κ3) is 3.66. The fraction of sp³-hybridized carbons (Fsp3) is 0.188. The number of anilines is 2. The molecule has 0 saturated heterocycles. The summed E-state index contributed by atoms with van der Waals surface area (Å²) in [4.78, 5) is 13.0. The zero-order valence-electron chi connectivity index (χ0n) is 12.2. The van der Waals surface area contributed by atoms with Gasteiger partial charge < -0.3 is 21.1 Å². The van der Waals surface area contributed by atoms with Gasteiger partial charge in [0.05, 0.1) is 5.69 Å². The number of benzene rings is 2. The lowest BCUT2D eigenvalue weighted by molar-refractivity contribution is 0.1000. The fourth-order valence-electron chi connectivity index (χ4n) is 1.85. The van der Waals surface area contributed by atoms with Crippen LogP contribution in [0.4, 0.5) is 11.4 Å². The maximum absolute atomic E-state index is 11.0. The number of nitrogens with zero attached hydrogens (tertiary/aromatic N) is 1. The molecule has 2 aromatic carbocycles. The van der Waals surface area contributed by atoms with E-state index in [1.54, 1.807) is 12.1 Å². The summed E-state index contributed by atoms with van der Waals surface area (Å²) in [6.07, 6.45) is 0. The maximum Gasteiger partial charge on any atom is 0.248 e. The first-order valence-corrected chi connectivity index (χ1v) is 6.56. The lowest BCUT2D eigenvalue weighted by Gasteiger charge is -2.15. The van der Waals surface area contributed by atoms with Crippen molar-refractivity contribution in [3.05, 3.63) is 53.6 Å². The van der Waals surface area contributed by atoms with Crippen molar-refractivity contribution in [3.63, 3.8) is 0 Å². The number of nitrogens with two attached hydrogens (primary N) is 2.